The third-order valence-electron chi connectivity index (χ3n) is 4.68. The number of aromatic hydroxyl groups is 1. The second-order valence-corrected chi connectivity index (χ2v) is 6.50. The Kier molecular flexibility index (Phi) is 4.79. The van der Waals surface area contributed by atoms with Gasteiger partial charge in [0.25, 0.3) is 0 Å². The molecule has 0 saturated carbocycles. The number of hydrogen-bond acceptors (Lipinski definition) is 4. The lowest BCUT2D eigenvalue weighted by Crippen LogP contribution is -2.14. The molecule has 4 heteroatoms. The van der Waals surface area contributed by atoms with Crippen molar-refractivity contribution in [3.63, 3.8) is 0 Å². The molecule has 2 N–H and O–H groups in total. The van der Waals surface area contributed by atoms with Crippen LogP contribution < -0.4 is 10.1 Å². The maximum Gasteiger partial charge on any atom is 0.161 e. The number of phenolic OH excluding ortho intramolecular Hbond substituents is 1. The van der Waals surface area contributed by atoms with E-state index in [-0.39, 0.29) is 11.8 Å². The van der Waals surface area contributed by atoms with Gasteiger partial charge in [0.2, 0.25) is 0 Å². The first-order valence-electron chi connectivity index (χ1n) is 9.19. The molecular formula is C23H22N2O2. The van der Waals surface area contributed by atoms with Crippen LogP contribution in [0.3, 0.4) is 0 Å². The minimum atomic E-state index is 0.0208. The van der Waals surface area contributed by atoms with E-state index in [9.17, 15) is 5.11 Å². The van der Waals surface area contributed by atoms with Gasteiger partial charge in [0.1, 0.15) is 0 Å². The monoisotopic (exact) mass is 358 g/mol. The Balaban J connectivity index is 1.77. The maximum atomic E-state index is 10.0. The fourth-order valence-corrected chi connectivity index (χ4v) is 3.35. The van der Waals surface area contributed by atoms with Crippen LogP contribution in [0, 0.1) is 0 Å². The summed E-state index contributed by atoms with van der Waals surface area (Å²) in [4.78, 5) is 4.93. The van der Waals surface area contributed by atoms with Gasteiger partial charge in [-0.25, -0.2) is 0 Å². The minimum Gasteiger partial charge on any atom is -0.504 e. The highest BCUT2D eigenvalue weighted by Gasteiger charge is 2.22. The zero-order valence-electron chi connectivity index (χ0n) is 15.2. The largest absolute Gasteiger partial charge is 0.504 e. The van der Waals surface area contributed by atoms with Gasteiger partial charge in [0, 0.05) is 6.42 Å². The number of nitrogens with one attached hydrogen (secondary N) is 1. The molecule has 1 aliphatic heterocycles. The first-order valence-corrected chi connectivity index (χ1v) is 9.19. The molecule has 0 amide bonds. The molecule has 0 fully saturated rings. The second kappa shape index (κ2) is 7.54. The van der Waals surface area contributed by atoms with Crippen LogP contribution in [-0.2, 0) is 0 Å². The minimum absolute atomic E-state index is 0.0208. The van der Waals surface area contributed by atoms with Crippen LogP contribution in [0.2, 0.25) is 0 Å². The predicted molar refractivity (Wildman–Crippen MR) is 109 cm³/mol. The molecule has 0 spiro atoms. The highest BCUT2D eigenvalue weighted by molar-refractivity contribution is 6.04. The lowest BCUT2D eigenvalue weighted by atomic mass is 9.97. The van der Waals surface area contributed by atoms with Crippen molar-refractivity contribution >= 4 is 17.1 Å². The van der Waals surface area contributed by atoms with Crippen LogP contribution >= 0.6 is 0 Å². The maximum absolute atomic E-state index is 10.0. The summed E-state index contributed by atoms with van der Waals surface area (Å²) in [5, 5.41) is 13.7. The van der Waals surface area contributed by atoms with Gasteiger partial charge < -0.3 is 15.2 Å². The van der Waals surface area contributed by atoms with E-state index >= 15 is 0 Å². The molecule has 3 aromatic carbocycles. The predicted octanol–water partition coefficient (Wildman–Crippen LogP) is 5.47. The van der Waals surface area contributed by atoms with E-state index in [0.29, 0.717) is 12.4 Å². The SMILES string of the molecule is CCOc1cc(C2CC(c3ccccc3)=Nc3ccccc3N2)ccc1O. The van der Waals surface area contributed by atoms with Crippen molar-refractivity contribution in [1.82, 2.24) is 0 Å². The number of nitrogens with zero attached hydrogens (tertiary/aromatic N) is 1. The van der Waals surface area contributed by atoms with Gasteiger partial charge in [0.15, 0.2) is 11.5 Å². The summed E-state index contributed by atoms with van der Waals surface area (Å²) in [5.41, 5.74) is 5.13. The van der Waals surface area contributed by atoms with Crippen LogP contribution in [-0.4, -0.2) is 17.4 Å². The van der Waals surface area contributed by atoms with Crippen LogP contribution in [0.5, 0.6) is 11.5 Å². The molecule has 1 aliphatic rings. The van der Waals surface area contributed by atoms with Gasteiger partial charge >= 0.3 is 0 Å². The van der Waals surface area contributed by atoms with Crippen molar-refractivity contribution in [2.45, 2.75) is 19.4 Å². The number of rotatable bonds is 4. The molecule has 1 unspecified atom stereocenters. The van der Waals surface area contributed by atoms with Gasteiger partial charge in [-0.15, -0.1) is 0 Å². The molecule has 0 saturated heterocycles. The molecule has 0 radical (unpaired) electrons. The molecule has 0 aromatic heterocycles. The molecule has 136 valence electrons. The number of phenols is 1. The van der Waals surface area contributed by atoms with Gasteiger partial charge in [-0.1, -0.05) is 48.5 Å². The molecule has 1 atom stereocenters. The van der Waals surface area contributed by atoms with E-state index in [4.69, 9.17) is 9.73 Å². The van der Waals surface area contributed by atoms with E-state index in [1.165, 1.54) is 0 Å². The fourth-order valence-electron chi connectivity index (χ4n) is 3.35. The number of anilines is 1. The fraction of sp³-hybridized carbons (Fsp3) is 0.174. The lowest BCUT2D eigenvalue weighted by molar-refractivity contribution is 0.317. The summed E-state index contributed by atoms with van der Waals surface area (Å²) < 4.78 is 5.57. The Labute approximate surface area is 159 Å². The van der Waals surface area contributed by atoms with E-state index in [0.717, 1.165) is 34.6 Å². The zero-order valence-corrected chi connectivity index (χ0v) is 15.2. The number of hydrogen-bond donors (Lipinski definition) is 2. The van der Waals surface area contributed by atoms with E-state index in [2.05, 4.69) is 17.4 Å². The van der Waals surface area contributed by atoms with Gasteiger partial charge in [0.05, 0.1) is 29.7 Å². The Morgan fingerprint density at radius 1 is 1.04 bits per heavy atom. The van der Waals surface area contributed by atoms with Crippen molar-refractivity contribution in [1.29, 1.82) is 0 Å². The highest BCUT2D eigenvalue weighted by atomic mass is 16.5. The highest BCUT2D eigenvalue weighted by Crippen LogP contribution is 2.37. The summed E-state index contributed by atoms with van der Waals surface area (Å²) in [7, 11) is 0. The number of aliphatic imine (C=N–C) groups is 1. The van der Waals surface area contributed by atoms with Crippen molar-refractivity contribution in [3.05, 3.63) is 83.9 Å². The van der Waals surface area contributed by atoms with Crippen LogP contribution in [0.4, 0.5) is 11.4 Å². The molecular weight excluding hydrogens is 336 g/mol. The van der Waals surface area contributed by atoms with E-state index < -0.39 is 0 Å². The lowest BCUT2D eigenvalue weighted by Gasteiger charge is -2.20. The summed E-state index contributed by atoms with van der Waals surface area (Å²) in [6.07, 6.45) is 0.731. The Hall–Kier alpha value is -3.27. The van der Waals surface area contributed by atoms with Gasteiger partial charge in [-0.2, -0.15) is 0 Å². The number of para-hydroxylation sites is 2. The summed E-state index contributed by atoms with van der Waals surface area (Å²) >= 11 is 0. The van der Waals surface area contributed by atoms with Crippen molar-refractivity contribution < 1.29 is 9.84 Å². The quantitative estimate of drug-likeness (QED) is 0.650. The summed E-state index contributed by atoms with van der Waals surface area (Å²) in [6.45, 7) is 2.42. The summed E-state index contributed by atoms with van der Waals surface area (Å²) in [6, 6.07) is 23.9. The third kappa shape index (κ3) is 3.65. The average molecular weight is 358 g/mol. The standard InChI is InChI=1S/C23H22N2O2/c1-2-27-23-14-17(12-13-22(23)26)21-15-20(16-8-4-3-5-9-16)24-18-10-6-7-11-19(18)25-21/h3-14,21,25-26H,2,15H2,1H3. The molecule has 4 nitrogen and oxygen atoms in total. The van der Waals surface area contributed by atoms with Crippen LogP contribution in [0.1, 0.15) is 30.5 Å². The van der Waals surface area contributed by atoms with Crippen molar-refractivity contribution in [2.24, 2.45) is 4.99 Å². The summed E-state index contributed by atoms with van der Waals surface area (Å²) in [5.74, 6) is 0.666. The first kappa shape index (κ1) is 17.2. The Morgan fingerprint density at radius 2 is 1.81 bits per heavy atom. The molecule has 1 heterocycles. The number of fused-ring (bicyclic) bond motifs is 1. The number of benzene rings is 3. The van der Waals surface area contributed by atoms with E-state index in [1.807, 2.05) is 61.5 Å². The average Bonchev–Trinajstić information content (AvgIpc) is 2.90. The molecule has 4 rings (SSSR count). The Morgan fingerprint density at radius 3 is 2.63 bits per heavy atom. The Bertz CT molecular complexity index is 967. The van der Waals surface area contributed by atoms with Gasteiger partial charge in [-0.05, 0) is 42.3 Å². The van der Waals surface area contributed by atoms with Crippen LogP contribution in [0.25, 0.3) is 0 Å². The van der Waals surface area contributed by atoms with E-state index in [1.54, 1.807) is 6.07 Å². The molecule has 3 aromatic rings. The molecule has 0 bridgehead atoms. The van der Waals surface area contributed by atoms with Crippen molar-refractivity contribution in [3.8, 4) is 11.5 Å². The van der Waals surface area contributed by atoms with Crippen molar-refractivity contribution in [2.75, 3.05) is 11.9 Å². The normalized spacial score (nSPS) is 15.9. The zero-order chi connectivity index (χ0) is 18.6. The molecule has 0 aliphatic carbocycles. The smallest absolute Gasteiger partial charge is 0.161 e. The first-order chi connectivity index (χ1) is 13.2. The molecule has 27 heavy (non-hydrogen) atoms. The third-order valence-corrected chi connectivity index (χ3v) is 4.68. The van der Waals surface area contributed by atoms with Gasteiger partial charge in [-0.3, -0.25) is 4.99 Å². The van der Waals surface area contributed by atoms with Crippen LogP contribution in [0.15, 0.2) is 77.8 Å². The topological polar surface area (TPSA) is 53.8 Å². The number of ether oxygens (including phenoxy) is 1. The second-order valence-electron chi connectivity index (χ2n) is 6.50.